The second kappa shape index (κ2) is 8.23. The first kappa shape index (κ1) is 20.0. The summed E-state index contributed by atoms with van der Waals surface area (Å²) < 4.78 is 0. The predicted molar refractivity (Wildman–Crippen MR) is 116 cm³/mol. The van der Waals surface area contributed by atoms with Gasteiger partial charge in [-0.3, -0.25) is 24.2 Å². The lowest BCUT2D eigenvalue weighted by Gasteiger charge is -2.23. The number of carbonyl (C=O) groups is 3. The fraction of sp³-hybridized carbons (Fsp3) is 0.136. The highest BCUT2D eigenvalue weighted by atomic mass is 16.2. The molecule has 1 unspecified atom stereocenters. The van der Waals surface area contributed by atoms with Gasteiger partial charge >= 0.3 is 0 Å². The smallest absolute Gasteiger partial charge is 0.258 e. The van der Waals surface area contributed by atoms with Gasteiger partial charge in [-0.1, -0.05) is 18.2 Å². The highest BCUT2D eigenvalue weighted by Crippen LogP contribution is 2.30. The van der Waals surface area contributed by atoms with E-state index in [0.29, 0.717) is 16.9 Å². The summed E-state index contributed by atoms with van der Waals surface area (Å²) in [5.41, 5.74) is 1.25. The number of fused-ring (bicyclic) bond motifs is 1. The Labute approximate surface area is 176 Å². The number of benzene rings is 2. The molecule has 9 heteroatoms. The second-order valence-corrected chi connectivity index (χ2v) is 7.10. The SMILES string of the molecule is CC(=O)c1ccc(NC(=O)C2CC(=O)Nc3nc(Nc4ccccc4)[nH]c(=O)c32)cc1. The molecule has 0 aliphatic carbocycles. The van der Waals surface area contributed by atoms with Crippen LogP contribution in [0.1, 0.15) is 35.2 Å². The van der Waals surface area contributed by atoms with Crippen LogP contribution in [0.3, 0.4) is 0 Å². The third kappa shape index (κ3) is 4.35. The Morgan fingerprint density at radius 2 is 1.71 bits per heavy atom. The number of aromatic amines is 1. The van der Waals surface area contributed by atoms with Gasteiger partial charge in [0.25, 0.3) is 5.56 Å². The summed E-state index contributed by atoms with van der Waals surface area (Å²) in [6.07, 6.45) is -0.180. The van der Waals surface area contributed by atoms with E-state index in [1.54, 1.807) is 36.4 Å². The molecule has 156 valence electrons. The molecule has 2 aromatic carbocycles. The van der Waals surface area contributed by atoms with E-state index >= 15 is 0 Å². The first-order valence-electron chi connectivity index (χ1n) is 9.58. The third-order valence-corrected chi connectivity index (χ3v) is 4.86. The number of rotatable bonds is 5. The minimum atomic E-state index is -1.00. The molecule has 0 fully saturated rings. The van der Waals surface area contributed by atoms with E-state index in [1.165, 1.54) is 6.92 Å². The van der Waals surface area contributed by atoms with E-state index in [2.05, 4.69) is 25.9 Å². The quantitative estimate of drug-likeness (QED) is 0.472. The third-order valence-electron chi connectivity index (χ3n) is 4.86. The van der Waals surface area contributed by atoms with E-state index < -0.39 is 23.3 Å². The number of hydrogen-bond donors (Lipinski definition) is 4. The first-order valence-corrected chi connectivity index (χ1v) is 9.58. The summed E-state index contributed by atoms with van der Waals surface area (Å²) in [6, 6.07) is 15.5. The lowest BCUT2D eigenvalue weighted by Crippen LogP contribution is -2.36. The number of hydrogen-bond acceptors (Lipinski definition) is 6. The standard InChI is InChI=1S/C22H19N5O4/c1-12(28)13-7-9-15(10-8-13)23-20(30)16-11-17(29)25-19-18(16)21(31)27-22(26-19)24-14-5-3-2-4-6-14/h2-10,16H,11H2,1H3,(H,23,30)(H3,24,25,26,27,29,31). The van der Waals surface area contributed by atoms with Crippen molar-refractivity contribution in [3.63, 3.8) is 0 Å². The van der Waals surface area contributed by atoms with Crippen molar-refractivity contribution >= 4 is 40.7 Å². The molecule has 1 aromatic heterocycles. The van der Waals surface area contributed by atoms with E-state index in [-0.39, 0.29) is 29.5 Å². The van der Waals surface area contributed by atoms with Crippen molar-refractivity contribution in [2.75, 3.05) is 16.0 Å². The Kier molecular flexibility index (Phi) is 5.31. The average Bonchev–Trinajstić information content (AvgIpc) is 2.74. The number of amides is 2. The summed E-state index contributed by atoms with van der Waals surface area (Å²) in [6.45, 7) is 1.45. The van der Waals surface area contributed by atoms with Crippen LogP contribution in [0.25, 0.3) is 0 Å². The fourth-order valence-electron chi connectivity index (χ4n) is 3.33. The molecule has 1 aliphatic heterocycles. The number of carbonyl (C=O) groups excluding carboxylic acids is 3. The minimum absolute atomic E-state index is 0.0468. The van der Waals surface area contributed by atoms with Gasteiger partial charge in [-0.25, -0.2) is 0 Å². The zero-order valence-corrected chi connectivity index (χ0v) is 16.6. The Bertz CT molecular complexity index is 1220. The zero-order valence-electron chi connectivity index (χ0n) is 16.6. The van der Waals surface area contributed by atoms with Crippen molar-refractivity contribution in [3.8, 4) is 0 Å². The molecule has 1 aliphatic rings. The van der Waals surface area contributed by atoms with Gasteiger partial charge in [0.15, 0.2) is 5.78 Å². The summed E-state index contributed by atoms with van der Waals surface area (Å²) in [7, 11) is 0. The minimum Gasteiger partial charge on any atom is -0.326 e. The van der Waals surface area contributed by atoms with Gasteiger partial charge in [-0.15, -0.1) is 0 Å². The Hall–Kier alpha value is -4.27. The van der Waals surface area contributed by atoms with Crippen molar-refractivity contribution in [1.82, 2.24) is 9.97 Å². The number of nitrogens with one attached hydrogen (secondary N) is 4. The Morgan fingerprint density at radius 3 is 2.39 bits per heavy atom. The van der Waals surface area contributed by atoms with Crippen LogP contribution in [-0.2, 0) is 9.59 Å². The van der Waals surface area contributed by atoms with E-state index in [9.17, 15) is 19.2 Å². The van der Waals surface area contributed by atoms with Gasteiger partial charge in [0, 0.05) is 23.4 Å². The van der Waals surface area contributed by atoms with Crippen LogP contribution in [0.5, 0.6) is 0 Å². The molecule has 4 N–H and O–H groups in total. The highest BCUT2D eigenvalue weighted by molar-refractivity contribution is 6.04. The molecule has 0 saturated carbocycles. The van der Waals surface area contributed by atoms with Crippen LogP contribution in [0.2, 0.25) is 0 Å². The van der Waals surface area contributed by atoms with E-state index in [1.807, 2.05) is 18.2 Å². The van der Waals surface area contributed by atoms with Crippen LogP contribution in [0, 0.1) is 0 Å². The number of Topliss-reactive ketones (excluding diaryl/α,β-unsaturated/α-hetero) is 1. The summed E-state index contributed by atoms with van der Waals surface area (Å²) in [5, 5.41) is 8.22. The molecule has 0 saturated heterocycles. The molecule has 4 rings (SSSR count). The number of aromatic nitrogens is 2. The van der Waals surface area contributed by atoms with Crippen molar-refractivity contribution in [1.29, 1.82) is 0 Å². The van der Waals surface area contributed by atoms with Crippen molar-refractivity contribution in [3.05, 3.63) is 76.1 Å². The largest absolute Gasteiger partial charge is 0.326 e. The zero-order chi connectivity index (χ0) is 22.0. The number of ketones is 1. The van der Waals surface area contributed by atoms with Gasteiger partial charge in [-0.2, -0.15) is 4.98 Å². The van der Waals surface area contributed by atoms with Gasteiger partial charge in [0.05, 0.1) is 11.5 Å². The number of anilines is 4. The predicted octanol–water partition coefficient (Wildman–Crippen LogP) is 2.78. The van der Waals surface area contributed by atoms with Gasteiger partial charge in [-0.05, 0) is 43.3 Å². The molecular formula is C22H19N5O4. The number of para-hydroxylation sites is 1. The molecule has 2 heterocycles. The molecule has 0 radical (unpaired) electrons. The number of H-pyrrole nitrogens is 1. The van der Waals surface area contributed by atoms with Gasteiger partial charge in [0.1, 0.15) is 5.82 Å². The van der Waals surface area contributed by atoms with Crippen molar-refractivity contribution < 1.29 is 14.4 Å². The van der Waals surface area contributed by atoms with E-state index in [0.717, 1.165) is 0 Å². The number of nitrogens with zero attached hydrogens (tertiary/aromatic N) is 1. The molecule has 3 aromatic rings. The summed E-state index contributed by atoms with van der Waals surface area (Å²) >= 11 is 0. The normalized spacial score (nSPS) is 14.9. The maximum Gasteiger partial charge on any atom is 0.258 e. The maximum atomic E-state index is 12.9. The maximum absolute atomic E-state index is 12.9. The Morgan fingerprint density at radius 1 is 1.00 bits per heavy atom. The summed E-state index contributed by atoms with van der Waals surface area (Å²) in [5.74, 6) is -1.82. The molecule has 31 heavy (non-hydrogen) atoms. The van der Waals surface area contributed by atoms with E-state index in [4.69, 9.17) is 0 Å². The van der Waals surface area contributed by atoms with Crippen LogP contribution < -0.4 is 21.5 Å². The average molecular weight is 417 g/mol. The van der Waals surface area contributed by atoms with Crippen LogP contribution >= 0.6 is 0 Å². The molecule has 0 spiro atoms. The lowest BCUT2D eigenvalue weighted by molar-refractivity contribution is -0.123. The first-order chi connectivity index (χ1) is 14.9. The van der Waals surface area contributed by atoms with Crippen LogP contribution in [0.4, 0.5) is 23.1 Å². The molecule has 1 atom stereocenters. The molecule has 9 nitrogen and oxygen atoms in total. The topological polar surface area (TPSA) is 133 Å². The Balaban J connectivity index is 1.60. The molecular weight excluding hydrogens is 398 g/mol. The van der Waals surface area contributed by atoms with Crippen molar-refractivity contribution in [2.45, 2.75) is 19.3 Å². The van der Waals surface area contributed by atoms with Gasteiger partial charge in [0.2, 0.25) is 17.8 Å². The van der Waals surface area contributed by atoms with Crippen molar-refractivity contribution in [2.24, 2.45) is 0 Å². The molecule has 0 bridgehead atoms. The fourth-order valence-corrected chi connectivity index (χ4v) is 3.33. The molecule has 2 amide bonds. The van der Waals surface area contributed by atoms with Crippen LogP contribution in [0.15, 0.2) is 59.4 Å². The monoisotopic (exact) mass is 417 g/mol. The lowest BCUT2D eigenvalue weighted by atomic mass is 9.92. The summed E-state index contributed by atoms with van der Waals surface area (Å²) in [4.78, 5) is 56.1. The van der Waals surface area contributed by atoms with Gasteiger partial charge < -0.3 is 16.0 Å². The van der Waals surface area contributed by atoms with Crippen LogP contribution in [-0.4, -0.2) is 27.6 Å². The highest BCUT2D eigenvalue weighted by Gasteiger charge is 2.34. The second-order valence-electron chi connectivity index (χ2n) is 7.10.